The van der Waals surface area contributed by atoms with E-state index in [9.17, 15) is 19.5 Å². The van der Waals surface area contributed by atoms with Gasteiger partial charge in [0.2, 0.25) is 5.91 Å². The van der Waals surface area contributed by atoms with Gasteiger partial charge in [-0.2, -0.15) is 0 Å². The molecule has 1 aromatic heterocycles. The van der Waals surface area contributed by atoms with Gasteiger partial charge in [-0.1, -0.05) is 6.07 Å². The molecule has 8 heteroatoms. The molecule has 6 nitrogen and oxygen atoms in total. The molecule has 0 saturated carbocycles. The van der Waals surface area contributed by atoms with E-state index >= 15 is 0 Å². The number of carbonyl (C=O) groups excluding carboxylic acids is 2. The average Bonchev–Trinajstić information content (AvgIpc) is 2.97. The van der Waals surface area contributed by atoms with Gasteiger partial charge in [-0.3, -0.25) is 9.59 Å². The standard InChI is InChI=1S/C14H15ClN2O4S/c1-8(6-15)12(14(20)21)17-7-10(13(17)19)16-11(18)5-9-3-2-4-22-9/h2-4,10H,5-7H2,1H3,(H,16,18)(H,20,21). The summed E-state index contributed by atoms with van der Waals surface area (Å²) in [5.41, 5.74) is 0.301. The third-order valence-corrected chi connectivity index (χ3v) is 4.53. The van der Waals surface area contributed by atoms with Crippen LogP contribution >= 0.6 is 22.9 Å². The monoisotopic (exact) mass is 342 g/mol. The van der Waals surface area contributed by atoms with Crippen molar-refractivity contribution in [3.8, 4) is 0 Å². The second-order valence-corrected chi connectivity index (χ2v) is 6.19. The first-order valence-electron chi connectivity index (χ1n) is 6.56. The van der Waals surface area contributed by atoms with E-state index in [0.717, 1.165) is 9.78 Å². The Morgan fingerprint density at radius 1 is 1.55 bits per heavy atom. The number of hydrogen-bond donors (Lipinski definition) is 2. The first-order chi connectivity index (χ1) is 10.4. The van der Waals surface area contributed by atoms with Crippen LogP contribution in [0.4, 0.5) is 0 Å². The minimum absolute atomic E-state index is 0.0286. The van der Waals surface area contributed by atoms with Crippen molar-refractivity contribution < 1.29 is 19.5 Å². The Morgan fingerprint density at radius 2 is 2.27 bits per heavy atom. The summed E-state index contributed by atoms with van der Waals surface area (Å²) in [6, 6.07) is 3.02. The Labute approximate surface area is 136 Å². The highest BCUT2D eigenvalue weighted by molar-refractivity contribution is 7.10. The summed E-state index contributed by atoms with van der Waals surface area (Å²) in [5, 5.41) is 13.7. The fourth-order valence-electron chi connectivity index (χ4n) is 2.14. The second kappa shape index (κ2) is 6.93. The largest absolute Gasteiger partial charge is 0.477 e. The summed E-state index contributed by atoms with van der Waals surface area (Å²) in [6.45, 7) is 1.71. The number of alkyl halides is 1. The van der Waals surface area contributed by atoms with E-state index < -0.39 is 17.9 Å². The van der Waals surface area contributed by atoms with Crippen LogP contribution in [0.1, 0.15) is 11.8 Å². The van der Waals surface area contributed by atoms with E-state index in [1.807, 2.05) is 17.5 Å². The molecule has 1 aliphatic rings. The maximum Gasteiger partial charge on any atom is 0.352 e. The van der Waals surface area contributed by atoms with Crippen LogP contribution in [0.2, 0.25) is 0 Å². The molecule has 1 aliphatic heterocycles. The smallest absolute Gasteiger partial charge is 0.352 e. The van der Waals surface area contributed by atoms with Gasteiger partial charge in [-0.25, -0.2) is 4.79 Å². The highest BCUT2D eigenvalue weighted by atomic mass is 35.5. The van der Waals surface area contributed by atoms with Crippen molar-refractivity contribution in [1.82, 2.24) is 10.2 Å². The first-order valence-corrected chi connectivity index (χ1v) is 7.97. The highest BCUT2D eigenvalue weighted by Crippen LogP contribution is 2.21. The lowest BCUT2D eigenvalue weighted by Gasteiger charge is -2.39. The molecular formula is C14H15ClN2O4S. The van der Waals surface area contributed by atoms with Gasteiger partial charge in [0.05, 0.1) is 13.0 Å². The lowest BCUT2D eigenvalue weighted by atomic mass is 10.0. The molecule has 118 valence electrons. The summed E-state index contributed by atoms with van der Waals surface area (Å²) in [4.78, 5) is 37.1. The zero-order chi connectivity index (χ0) is 16.3. The van der Waals surface area contributed by atoms with Gasteiger partial charge in [-0.15, -0.1) is 22.9 Å². The number of nitrogens with one attached hydrogen (secondary N) is 1. The van der Waals surface area contributed by atoms with Crippen molar-refractivity contribution in [1.29, 1.82) is 0 Å². The molecule has 0 spiro atoms. The predicted molar refractivity (Wildman–Crippen MR) is 82.7 cm³/mol. The van der Waals surface area contributed by atoms with Crippen LogP contribution in [0.3, 0.4) is 0 Å². The van der Waals surface area contributed by atoms with Crippen LogP contribution in [0.15, 0.2) is 28.8 Å². The Kier molecular flexibility index (Phi) is 5.20. The molecule has 0 bridgehead atoms. The molecule has 1 fully saturated rings. The number of carbonyl (C=O) groups is 3. The number of β-lactam (4-membered cyclic amide) rings is 1. The molecule has 2 amide bonds. The van der Waals surface area contributed by atoms with Gasteiger partial charge >= 0.3 is 5.97 Å². The molecule has 0 aliphatic carbocycles. The highest BCUT2D eigenvalue weighted by Gasteiger charge is 2.42. The van der Waals surface area contributed by atoms with E-state index in [1.54, 1.807) is 6.92 Å². The topological polar surface area (TPSA) is 86.7 Å². The molecule has 22 heavy (non-hydrogen) atoms. The fourth-order valence-corrected chi connectivity index (χ4v) is 2.97. The third kappa shape index (κ3) is 3.48. The number of thiophene rings is 1. The van der Waals surface area contributed by atoms with Crippen LogP contribution in [0, 0.1) is 0 Å². The van der Waals surface area contributed by atoms with Crippen molar-refractivity contribution in [2.24, 2.45) is 0 Å². The Balaban J connectivity index is 1.95. The maximum absolute atomic E-state index is 12.0. The normalized spacial score (nSPS) is 18.5. The Hall–Kier alpha value is -1.86. The molecule has 0 aromatic carbocycles. The molecule has 1 atom stereocenters. The molecule has 2 heterocycles. The lowest BCUT2D eigenvalue weighted by Crippen LogP contribution is -2.64. The number of carboxylic acids is 1. The van der Waals surface area contributed by atoms with E-state index in [4.69, 9.17) is 11.6 Å². The minimum Gasteiger partial charge on any atom is -0.477 e. The van der Waals surface area contributed by atoms with E-state index in [1.165, 1.54) is 11.3 Å². The molecule has 0 radical (unpaired) electrons. The number of amides is 2. The number of aliphatic carboxylic acids is 1. The summed E-state index contributed by atoms with van der Waals surface area (Å²) in [6.07, 6.45) is 0.212. The quantitative estimate of drug-likeness (QED) is 0.462. The van der Waals surface area contributed by atoms with E-state index in [0.29, 0.717) is 5.57 Å². The number of allylic oxidation sites excluding steroid dienone is 1. The molecule has 2 N–H and O–H groups in total. The molecule has 1 unspecified atom stereocenters. The van der Waals surface area contributed by atoms with Gasteiger partial charge in [0.1, 0.15) is 11.7 Å². The minimum atomic E-state index is -1.20. The zero-order valence-electron chi connectivity index (χ0n) is 11.8. The van der Waals surface area contributed by atoms with E-state index in [-0.39, 0.29) is 30.4 Å². The van der Waals surface area contributed by atoms with Gasteiger partial charge in [-0.05, 0) is 23.9 Å². The van der Waals surface area contributed by atoms with Crippen LogP contribution in [-0.4, -0.2) is 46.3 Å². The SMILES string of the molecule is CC(CCl)=C(C(=O)O)N1CC(NC(=O)Cc2cccs2)C1=O. The number of halogens is 1. The first kappa shape index (κ1) is 16.5. The van der Waals surface area contributed by atoms with Crippen molar-refractivity contribution in [3.05, 3.63) is 33.7 Å². The summed E-state index contributed by atoms with van der Waals surface area (Å²) >= 11 is 7.10. The second-order valence-electron chi connectivity index (χ2n) is 4.89. The van der Waals surface area contributed by atoms with Gasteiger partial charge in [0.15, 0.2) is 0 Å². The predicted octanol–water partition coefficient (Wildman–Crippen LogP) is 1.21. The van der Waals surface area contributed by atoms with Crippen molar-refractivity contribution in [2.75, 3.05) is 12.4 Å². The third-order valence-electron chi connectivity index (χ3n) is 3.26. The van der Waals surface area contributed by atoms with Crippen molar-refractivity contribution >= 4 is 40.7 Å². The van der Waals surface area contributed by atoms with Crippen LogP contribution in [-0.2, 0) is 20.8 Å². The Bertz CT molecular complexity index is 627. The number of carboxylic acid groups (broad SMARTS) is 1. The maximum atomic E-state index is 12.0. The molecule has 1 saturated heterocycles. The van der Waals surface area contributed by atoms with Gasteiger partial charge < -0.3 is 15.3 Å². The van der Waals surface area contributed by atoms with Crippen LogP contribution in [0.25, 0.3) is 0 Å². The summed E-state index contributed by atoms with van der Waals surface area (Å²) in [7, 11) is 0. The summed E-state index contributed by atoms with van der Waals surface area (Å²) in [5.74, 6) is -1.85. The fraction of sp³-hybridized carbons (Fsp3) is 0.357. The summed E-state index contributed by atoms with van der Waals surface area (Å²) < 4.78 is 0. The number of nitrogens with zero attached hydrogens (tertiary/aromatic N) is 1. The van der Waals surface area contributed by atoms with Crippen molar-refractivity contribution in [2.45, 2.75) is 19.4 Å². The van der Waals surface area contributed by atoms with Gasteiger partial charge in [0, 0.05) is 10.8 Å². The lowest BCUT2D eigenvalue weighted by molar-refractivity contribution is -0.148. The number of likely N-dealkylation sites (tertiary alicyclic amines) is 1. The molecule has 2 rings (SSSR count). The Morgan fingerprint density at radius 3 is 2.77 bits per heavy atom. The molecular weight excluding hydrogens is 328 g/mol. The van der Waals surface area contributed by atoms with Crippen LogP contribution in [0.5, 0.6) is 0 Å². The van der Waals surface area contributed by atoms with Crippen LogP contribution < -0.4 is 5.32 Å². The van der Waals surface area contributed by atoms with Crippen molar-refractivity contribution in [3.63, 3.8) is 0 Å². The number of rotatable bonds is 6. The molecule has 1 aromatic rings. The average molecular weight is 343 g/mol. The number of hydrogen-bond acceptors (Lipinski definition) is 4. The van der Waals surface area contributed by atoms with E-state index in [2.05, 4.69) is 5.32 Å². The van der Waals surface area contributed by atoms with Gasteiger partial charge in [0.25, 0.3) is 5.91 Å². The zero-order valence-corrected chi connectivity index (χ0v) is 13.4.